The van der Waals surface area contributed by atoms with Crippen LogP contribution in [0.2, 0.25) is 0 Å². The van der Waals surface area contributed by atoms with Crippen molar-refractivity contribution in [3.05, 3.63) is 76.9 Å². The van der Waals surface area contributed by atoms with Crippen molar-refractivity contribution in [1.29, 1.82) is 0 Å². The number of halogens is 1. The van der Waals surface area contributed by atoms with Crippen molar-refractivity contribution in [2.75, 3.05) is 18.9 Å². The number of anilines is 1. The van der Waals surface area contributed by atoms with Crippen LogP contribution in [0.25, 0.3) is 16.9 Å². The largest absolute Gasteiger partial charge is 0.366 e. The van der Waals surface area contributed by atoms with Crippen molar-refractivity contribution in [2.45, 2.75) is 19.5 Å². The van der Waals surface area contributed by atoms with Crippen molar-refractivity contribution in [2.24, 2.45) is 5.73 Å². The minimum absolute atomic E-state index is 0.275. The molecule has 0 radical (unpaired) electrons. The molecule has 5 rings (SSSR count). The molecule has 2 aromatic carbocycles. The number of primary amides is 1. The van der Waals surface area contributed by atoms with Gasteiger partial charge < -0.3 is 16.0 Å². The van der Waals surface area contributed by atoms with Crippen molar-refractivity contribution in [3.8, 4) is 5.95 Å². The zero-order chi connectivity index (χ0) is 22.2. The van der Waals surface area contributed by atoms with Crippen LogP contribution in [0.4, 0.5) is 10.2 Å². The van der Waals surface area contributed by atoms with Crippen LogP contribution in [0.15, 0.2) is 48.7 Å². The molecule has 0 unspecified atom stereocenters. The summed E-state index contributed by atoms with van der Waals surface area (Å²) in [4.78, 5) is 23.6. The summed E-state index contributed by atoms with van der Waals surface area (Å²) < 4.78 is 15.2. The summed E-state index contributed by atoms with van der Waals surface area (Å²) in [6, 6.07) is 11.8. The monoisotopic (exact) mass is 431 g/mol. The number of fused-ring (bicyclic) bond motifs is 2. The summed E-state index contributed by atoms with van der Waals surface area (Å²) in [6.07, 6.45) is 2.38. The molecule has 0 saturated carbocycles. The van der Waals surface area contributed by atoms with E-state index < -0.39 is 5.91 Å². The van der Waals surface area contributed by atoms with Gasteiger partial charge in [0.05, 0.1) is 23.0 Å². The quantitative estimate of drug-likeness (QED) is 0.504. The Morgan fingerprint density at radius 3 is 2.88 bits per heavy atom. The molecule has 1 aliphatic rings. The minimum Gasteiger partial charge on any atom is -0.366 e. The van der Waals surface area contributed by atoms with Crippen molar-refractivity contribution >= 4 is 22.6 Å². The van der Waals surface area contributed by atoms with Gasteiger partial charge in [0, 0.05) is 37.0 Å². The van der Waals surface area contributed by atoms with E-state index >= 15 is 0 Å². The maximum atomic E-state index is 13.6. The maximum absolute atomic E-state index is 13.6. The first-order valence-electron chi connectivity index (χ1n) is 10.3. The lowest BCUT2D eigenvalue weighted by Crippen LogP contribution is -2.29. The van der Waals surface area contributed by atoms with E-state index in [1.165, 1.54) is 12.1 Å². The zero-order valence-corrected chi connectivity index (χ0v) is 17.5. The van der Waals surface area contributed by atoms with E-state index in [-0.39, 0.29) is 5.82 Å². The van der Waals surface area contributed by atoms with Crippen LogP contribution in [0.3, 0.4) is 0 Å². The Morgan fingerprint density at radius 2 is 2.06 bits per heavy atom. The van der Waals surface area contributed by atoms with Gasteiger partial charge in [-0.2, -0.15) is 14.8 Å². The maximum Gasteiger partial charge on any atom is 0.253 e. The van der Waals surface area contributed by atoms with Crippen molar-refractivity contribution in [3.63, 3.8) is 0 Å². The van der Waals surface area contributed by atoms with Crippen LogP contribution in [-0.2, 0) is 19.5 Å². The first-order valence-corrected chi connectivity index (χ1v) is 10.3. The third-order valence-corrected chi connectivity index (χ3v) is 5.66. The van der Waals surface area contributed by atoms with Gasteiger partial charge in [0.15, 0.2) is 0 Å². The molecular formula is C23H22FN7O. The Bertz CT molecular complexity index is 1330. The second kappa shape index (κ2) is 8.01. The zero-order valence-electron chi connectivity index (χ0n) is 17.5. The molecule has 9 heteroatoms. The van der Waals surface area contributed by atoms with Gasteiger partial charge in [0.25, 0.3) is 5.95 Å². The number of amides is 1. The smallest absolute Gasteiger partial charge is 0.253 e. The third kappa shape index (κ3) is 3.67. The van der Waals surface area contributed by atoms with Gasteiger partial charge in [0.1, 0.15) is 11.6 Å². The molecule has 1 amide bonds. The number of hydrogen-bond acceptors (Lipinski definition) is 6. The molecule has 0 saturated heterocycles. The topological polar surface area (TPSA) is 102 Å². The van der Waals surface area contributed by atoms with Crippen LogP contribution in [0.5, 0.6) is 0 Å². The molecule has 8 nitrogen and oxygen atoms in total. The molecule has 0 atom stereocenters. The molecule has 0 fully saturated rings. The van der Waals surface area contributed by atoms with Crippen LogP contribution < -0.4 is 11.1 Å². The number of aromatic nitrogens is 4. The number of hydrogen-bond donors (Lipinski definition) is 2. The Balaban J connectivity index is 1.58. The molecule has 0 bridgehead atoms. The number of carbonyl (C=O) groups is 1. The van der Waals surface area contributed by atoms with Crippen molar-refractivity contribution < 1.29 is 9.18 Å². The van der Waals surface area contributed by atoms with E-state index in [9.17, 15) is 9.18 Å². The fourth-order valence-electron chi connectivity index (χ4n) is 4.03. The Kier molecular flexibility index (Phi) is 5.02. The number of nitrogens with two attached hydrogens (primary N) is 1. The summed E-state index contributed by atoms with van der Waals surface area (Å²) in [7, 11) is 2.06. The molecule has 0 aliphatic carbocycles. The average molecular weight is 431 g/mol. The number of benzene rings is 2. The molecule has 3 heterocycles. The van der Waals surface area contributed by atoms with E-state index in [0.717, 1.165) is 29.8 Å². The number of nitrogens with zero attached hydrogens (tertiary/aromatic N) is 5. The summed E-state index contributed by atoms with van der Waals surface area (Å²) in [5.41, 5.74) is 9.40. The predicted molar refractivity (Wildman–Crippen MR) is 119 cm³/mol. The van der Waals surface area contributed by atoms with Crippen molar-refractivity contribution in [1.82, 2.24) is 24.6 Å². The fraction of sp³-hybridized carbons (Fsp3) is 0.217. The first-order chi connectivity index (χ1) is 15.5. The molecule has 0 spiro atoms. The SMILES string of the molecule is CN1CCc2nc(-n3ncc4c(C(N)=O)cccc43)nc(NCc3cccc(F)c3)c2C1. The van der Waals surface area contributed by atoms with Gasteiger partial charge in [-0.05, 0) is 36.9 Å². The van der Waals surface area contributed by atoms with Crippen LogP contribution >= 0.6 is 0 Å². The first kappa shape index (κ1) is 20.1. The molecule has 32 heavy (non-hydrogen) atoms. The van der Waals surface area contributed by atoms with E-state index in [1.807, 2.05) is 12.1 Å². The molecular weight excluding hydrogens is 409 g/mol. The van der Waals surface area contributed by atoms with Crippen LogP contribution in [0, 0.1) is 5.82 Å². The Hall–Kier alpha value is -3.85. The lowest BCUT2D eigenvalue weighted by Gasteiger charge is -2.26. The van der Waals surface area contributed by atoms with Gasteiger partial charge in [0.2, 0.25) is 5.91 Å². The second-order valence-corrected chi connectivity index (χ2v) is 7.93. The average Bonchev–Trinajstić information content (AvgIpc) is 3.21. The van der Waals surface area contributed by atoms with E-state index in [0.29, 0.717) is 41.3 Å². The normalized spacial score (nSPS) is 13.8. The van der Waals surface area contributed by atoms with Gasteiger partial charge >= 0.3 is 0 Å². The molecule has 3 N–H and O–H groups in total. The minimum atomic E-state index is -0.512. The summed E-state index contributed by atoms with van der Waals surface area (Å²) in [5, 5.41) is 8.45. The molecule has 4 aromatic rings. The standard InChI is InChI=1S/C23H22FN7O/c1-30-9-8-19-18(13-30)22(26-11-14-4-2-5-15(24)10-14)29-23(28-19)31-20-7-3-6-16(21(25)32)17(20)12-27-31/h2-7,10,12H,8-9,11,13H2,1H3,(H2,25,32)(H,26,28,29). The highest BCUT2D eigenvalue weighted by Crippen LogP contribution is 2.27. The predicted octanol–water partition coefficient (Wildman–Crippen LogP) is 2.65. The highest BCUT2D eigenvalue weighted by molar-refractivity contribution is 6.05. The van der Waals surface area contributed by atoms with Gasteiger partial charge in [-0.1, -0.05) is 18.2 Å². The summed E-state index contributed by atoms with van der Waals surface area (Å²) in [5.74, 6) is 0.312. The van der Waals surface area contributed by atoms with Gasteiger partial charge in [-0.25, -0.2) is 9.37 Å². The van der Waals surface area contributed by atoms with Gasteiger partial charge in [-0.3, -0.25) is 4.79 Å². The summed E-state index contributed by atoms with van der Waals surface area (Å²) in [6.45, 7) is 2.03. The lowest BCUT2D eigenvalue weighted by atomic mass is 10.1. The van der Waals surface area contributed by atoms with Gasteiger partial charge in [-0.15, -0.1) is 0 Å². The Morgan fingerprint density at radius 1 is 1.22 bits per heavy atom. The lowest BCUT2D eigenvalue weighted by molar-refractivity contribution is 0.100. The fourth-order valence-corrected chi connectivity index (χ4v) is 4.03. The van der Waals surface area contributed by atoms with Crippen LogP contribution in [0.1, 0.15) is 27.2 Å². The number of likely N-dealkylation sites (N-methyl/N-ethyl adjacent to an activating group) is 1. The number of carbonyl (C=O) groups excluding carboxylic acids is 1. The molecule has 2 aromatic heterocycles. The Labute approximate surface area is 183 Å². The summed E-state index contributed by atoms with van der Waals surface area (Å²) >= 11 is 0. The number of nitrogens with one attached hydrogen (secondary N) is 1. The molecule has 1 aliphatic heterocycles. The number of rotatable bonds is 5. The highest BCUT2D eigenvalue weighted by Gasteiger charge is 2.22. The highest BCUT2D eigenvalue weighted by atomic mass is 19.1. The van der Waals surface area contributed by atoms with E-state index in [4.69, 9.17) is 15.7 Å². The second-order valence-electron chi connectivity index (χ2n) is 7.93. The third-order valence-electron chi connectivity index (χ3n) is 5.66. The molecule has 162 valence electrons. The van der Waals surface area contributed by atoms with Crippen LogP contribution in [-0.4, -0.2) is 44.1 Å². The van der Waals surface area contributed by atoms with E-state index in [2.05, 4.69) is 22.4 Å². The van der Waals surface area contributed by atoms with E-state index in [1.54, 1.807) is 29.1 Å².